The zero-order chi connectivity index (χ0) is 38.8. The Hall–Kier alpha value is -2.86. The van der Waals surface area contributed by atoms with Gasteiger partial charge in [-0.2, -0.15) is 0 Å². The first-order valence-electron chi connectivity index (χ1n) is 20.0. The number of carbonyl (C=O) groups excluding carboxylic acids is 2. The van der Waals surface area contributed by atoms with E-state index < -0.39 is 55.4 Å². The van der Waals surface area contributed by atoms with Crippen LogP contribution in [0.15, 0.2) is 72.9 Å². The van der Waals surface area contributed by atoms with Gasteiger partial charge in [0.15, 0.2) is 12.4 Å². The average molecular weight is 747 g/mol. The first kappa shape index (κ1) is 48.2. The molecule has 1 saturated heterocycles. The van der Waals surface area contributed by atoms with Crippen molar-refractivity contribution in [3.8, 4) is 0 Å². The van der Waals surface area contributed by atoms with Crippen molar-refractivity contribution in [2.75, 3.05) is 19.8 Å². The summed E-state index contributed by atoms with van der Waals surface area (Å²) in [6.07, 6.45) is 33.4. The predicted octanol–water partition coefficient (Wildman–Crippen LogP) is 7.66. The van der Waals surface area contributed by atoms with E-state index >= 15 is 0 Å². The monoisotopic (exact) mass is 746 g/mol. The fourth-order valence-corrected chi connectivity index (χ4v) is 5.45. The molecule has 53 heavy (non-hydrogen) atoms. The first-order chi connectivity index (χ1) is 25.8. The Balaban J connectivity index is 2.42. The highest BCUT2D eigenvalue weighted by molar-refractivity contribution is 5.70. The van der Waals surface area contributed by atoms with E-state index in [0.29, 0.717) is 12.8 Å². The summed E-state index contributed by atoms with van der Waals surface area (Å²) in [7, 11) is 0. The van der Waals surface area contributed by atoms with E-state index in [2.05, 4.69) is 86.8 Å². The zero-order valence-electron chi connectivity index (χ0n) is 32.5. The van der Waals surface area contributed by atoms with Gasteiger partial charge in [-0.15, -0.1) is 0 Å². The van der Waals surface area contributed by atoms with Crippen LogP contribution < -0.4 is 0 Å². The van der Waals surface area contributed by atoms with Crippen molar-refractivity contribution in [3.63, 3.8) is 0 Å². The SMILES string of the molecule is CCC=CCC=CCC=CCCCCCCCC(=O)OCC(COC1OC(CO)C(O)C(O)C1O)OC(=O)CCCCCC=CCC=CCC=CCC. The maximum atomic E-state index is 12.7. The van der Waals surface area contributed by atoms with Crippen molar-refractivity contribution in [2.45, 2.75) is 166 Å². The molecule has 1 heterocycles. The lowest BCUT2D eigenvalue weighted by atomic mass is 9.99. The lowest BCUT2D eigenvalue weighted by Gasteiger charge is -2.39. The van der Waals surface area contributed by atoms with E-state index in [1.807, 2.05) is 0 Å². The second-order valence-electron chi connectivity index (χ2n) is 13.3. The molecule has 0 aromatic rings. The van der Waals surface area contributed by atoms with E-state index in [4.69, 9.17) is 18.9 Å². The Morgan fingerprint density at radius 2 is 1.06 bits per heavy atom. The molecule has 6 unspecified atom stereocenters. The number of hydrogen-bond acceptors (Lipinski definition) is 10. The van der Waals surface area contributed by atoms with Gasteiger partial charge in [0.1, 0.15) is 31.0 Å². The van der Waals surface area contributed by atoms with Crippen molar-refractivity contribution in [1.29, 1.82) is 0 Å². The van der Waals surface area contributed by atoms with E-state index in [-0.39, 0.29) is 26.1 Å². The van der Waals surface area contributed by atoms with Crippen LogP contribution in [-0.4, -0.2) is 89.0 Å². The summed E-state index contributed by atoms with van der Waals surface area (Å²) in [5.41, 5.74) is 0. The van der Waals surface area contributed by atoms with Crippen LogP contribution in [0.4, 0.5) is 0 Å². The van der Waals surface area contributed by atoms with Gasteiger partial charge in [0, 0.05) is 12.8 Å². The van der Waals surface area contributed by atoms with E-state index in [0.717, 1.165) is 89.9 Å². The topological polar surface area (TPSA) is 152 Å². The number of carbonyl (C=O) groups is 2. The number of ether oxygens (including phenoxy) is 4. The molecule has 4 N–H and O–H groups in total. The molecule has 0 aromatic carbocycles. The standard InChI is InChI=1S/C43H70O10/c1-3-5-7-9-11-13-15-17-18-20-21-23-25-27-29-31-38(45)50-34-36(35-51-43-42(49)41(48)40(47)37(33-44)53-43)52-39(46)32-30-28-26-24-22-19-16-14-12-10-8-6-4-2/h5-8,11-14,17-19,22,36-37,40-44,47-49H,3-4,9-10,15-16,20-21,23-35H2,1-2H3. The number of rotatable bonds is 31. The molecule has 0 aliphatic carbocycles. The third-order valence-electron chi connectivity index (χ3n) is 8.59. The third kappa shape index (κ3) is 25.7. The van der Waals surface area contributed by atoms with Crippen LogP contribution >= 0.6 is 0 Å². The fraction of sp³-hybridized carbons (Fsp3) is 0.674. The average Bonchev–Trinajstić information content (AvgIpc) is 3.15. The van der Waals surface area contributed by atoms with Gasteiger partial charge < -0.3 is 39.4 Å². The van der Waals surface area contributed by atoms with Gasteiger partial charge in [-0.3, -0.25) is 9.59 Å². The molecule has 10 nitrogen and oxygen atoms in total. The number of unbranched alkanes of at least 4 members (excludes halogenated alkanes) is 8. The molecule has 10 heteroatoms. The summed E-state index contributed by atoms with van der Waals surface area (Å²) in [6, 6.07) is 0. The molecule has 1 rings (SSSR count). The van der Waals surface area contributed by atoms with Gasteiger partial charge in [-0.05, 0) is 77.0 Å². The molecular weight excluding hydrogens is 676 g/mol. The van der Waals surface area contributed by atoms with Crippen molar-refractivity contribution >= 4 is 11.9 Å². The minimum absolute atomic E-state index is 0.187. The van der Waals surface area contributed by atoms with Crippen LogP contribution in [0.25, 0.3) is 0 Å². The maximum Gasteiger partial charge on any atom is 0.306 e. The van der Waals surface area contributed by atoms with Gasteiger partial charge in [-0.25, -0.2) is 0 Å². The Morgan fingerprint density at radius 3 is 1.60 bits per heavy atom. The molecule has 1 aliphatic heterocycles. The quantitative estimate of drug-likeness (QED) is 0.0316. The summed E-state index contributed by atoms with van der Waals surface area (Å²) in [5.74, 6) is -0.871. The highest BCUT2D eigenvalue weighted by Gasteiger charge is 2.44. The summed E-state index contributed by atoms with van der Waals surface area (Å²) in [4.78, 5) is 25.2. The smallest absolute Gasteiger partial charge is 0.306 e. The van der Waals surface area contributed by atoms with Crippen LogP contribution in [-0.2, 0) is 28.5 Å². The van der Waals surface area contributed by atoms with Crippen molar-refractivity contribution < 1.29 is 49.0 Å². The number of aliphatic hydroxyl groups is 4. The molecule has 302 valence electrons. The van der Waals surface area contributed by atoms with Gasteiger partial charge in [0.05, 0.1) is 13.2 Å². The van der Waals surface area contributed by atoms with Crippen molar-refractivity contribution in [3.05, 3.63) is 72.9 Å². The van der Waals surface area contributed by atoms with Crippen LogP contribution in [0.1, 0.15) is 129 Å². The second-order valence-corrected chi connectivity index (χ2v) is 13.3. The van der Waals surface area contributed by atoms with Gasteiger partial charge in [0.2, 0.25) is 0 Å². The van der Waals surface area contributed by atoms with E-state index in [9.17, 15) is 30.0 Å². The Labute approximate surface area is 319 Å². The number of esters is 2. The normalized spacial score (nSPS) is 21.7. The minimum atomic E-state index is -1.61. The lowest BCUT2D eigenvalue weighted by Crippen LogP contribution is -2.59. The molecule has 0 spiro atoms. The predicted molar refractivity (Wildman–Crippen MR) is 210 cm³/mol. The van der Waals surface area contributed by atoms with Gasteiger partial charge >= 0.3 is 11.9 Å². The molecule has 0 bridgehead atoms. The number of hydrogen-bond donors (Lipinski definition) is 4. The first-order valence-corrected chi connectivity index (χ1v) is 20.0. The Morgan fingerprint density at radius 1 is 0.585 bits per heavy atom. The number of aliphatic hydroxyl groups excluding tert-OH is 4. The van der Waals surface area contributed by atoms with E-state index in [1.54, 1.807) is 0 Å². The molecule has 1 aliphatic rings. The Bertz CT molecular complexity index is 1090. The highest BCUT2D eigenvalue weighted by Crippen LogP contribution is 2.22. The van der Waals surface area contributed by atoms with E-state index in [1.165, 1.54) is 0 Å². The number of allylic oxidation sites excluding steroid dienone is 12. The molecule has 6 atom stereocenters. The molecular formula is C43H70O10. The van der Waals surface area contributed by atoms with Crippen LogP contribution in [0.3, 0.4) is 0 Å². The van der Waals surface area contributed by atoms with Crippen molar-refractivity contribution in [1.82, 2.24) is 0 Å². The molecule has 0 aromatic heterocycles. The minimum Gasteiger partial charge on any atom is -0.462 e. The molecule has 1 fully saturated rings. The van der Waals surface area contributed by atoms with Crippen LogP contribution in [0.5, 0.6) is 0 Å². The van der Waals surface area contributed by atoms with Crippen LogP contribution in [0.2, 0.25) is 0 Å². The lowest BCUT2D eigenvalue weighted by molar-refractivity contribution is -0.305. The highest BCUT2D eigenvalue weighted by atomic mass is 16.7. The van der Waals surface area contributed by atoms with Crippen molar-refractivity contribution in [2.24, 2.45) is 0 Å². The fourth-order valence-electron chi connectivity index (χ4n) is 5.45. The summed E-state index contributed by atoms with van der Waals surface area (Å²) < 4.78 is 22.0. The third-order valence-corrected chi connectivity index (χ3v) is 8.59. The molecule has 0 radical (unpaired) electrons. The Kier molecular flexibility index (Phi) is 30.6. The summed E-state index contributed by atoms with van der Waals surface area (Å²) >= 11 is 0. The van der Waals surface area contributed by atoms with Gasteiger partial charge in [0.25, 0.3) is 0 Å². The van der Waals surface area contributed by atoms with Crippen LogP contribution in [0, 0.1) is 0 Å². The maximum absolute atomic E-state index is 12.7. The zero-order valence-corrected chi connectivity index (χ0v) is 32.5. The molecule has 0 amide bonds. The largest absolute Gasteiger partial charge is 0.462 e. The van der Waals surface area contributed by atoms with Gasteiger partial charge in [-0.1, -0.05) is 112 Å². The molecule has 0 saturated carbocycles. The second kappa shape index (κ2) is 33.7. The summed E-state index contributed by atoms with van der Waals surface area (Å²) in [5, 5.41) is 39.9. The summed E-state index contributed by atoms with van der Waals surface area (Å²) in [6.45, 7) is 3.11.